The van der Waals surface area contributed by atoms with Crippen LogP contribution in [0.2, 0.25) is 0 Å². The number of hydrogen-bond donors (Lipinski definition) is 1. The zero-order valence-corrected chi connectivity index (χ0v) is 11.1. The number of carboxylic acid groups (broad SMARTS) is 1. The van der Waals surface area contributed by atoms with E-state index < -0.39 is 5.97 Å². The van der Waals surface area contributed by atoms with Crippen molar-refractivity contribution in [2.45, 2.75) is 38.0 Å². The van der Waals surface area contributed by atoms with Gasteiger partial charge in [-0.05, 0) is 31.0 Å². The summed E-state index contributed by atoms with van der Waals surface area (Å²) in [6.45, 7) is 0. The van der Waals surface area contributed by atoms with E-state index in [1.165, 1.54) is 32.1 Å². The molecule has 0 spiro atoms. The molecule has 0 atom stereocenters. The molecule has 0 amide bonds. The molecule has 0 radical (unpaired) electrons. The molecule has 0 saturated heterocycles. The molecule has 1 N–H and O–H groups in total. The van der Waals surface area contributed by atoms with Crippen molar-refractivity contribution in [3.8, 4) is 0 Å². The molecule has 4 nitrogen and oxygen atoms in total. The van der Waals surface area contributed by atoms with Crippen LogP contribution in [0.5, 0.6) is 0 Å². The molecule has 0 bridgehead atoms. The number of aromatic carboxylic acids is 1. The highest BCUT2D eigenvalue weighted by Gasteiger charge is 2.21. The van der Waals surface area contributed by atoms with Gasteiger partial charge in [-0.1, -0.05) is 19.3 Å². The summed E-state index contributed by atoms with van der Waals surface area (Å²) in [4.78, 5) is 15.7. The van der Waals surface area contributed by atoms with Gasteiger partial charge in [0.15, 0.2) is 0 Å². The van der Waals surface area contributed by atoms with Gasteiger partial charge >= 0.3 is 5.97 Å². The van der Waals surface area contributed by atoms with Gasteiger partial charge in [-0.15, -0.1) is 0 Å². The number of aryl methyl sites for hydroxylation is 1. The number of imidazole rings is 1. The minimum atomic E-state index is -0.897. The Morgan fingerprint density at radius 3 is 2.74 bits per heavy atom. The summed E-state index contributed by atoms with van der Waals surface area (Å²) in [6, 6.07) is 5.18. The summed E-state index contributed by atoms with van der Waals surface area (Å²) in [5.74, 6) is 0.739. The molecular weight excluding hydrogens is 240 g/mol. The van der Waals surface area contributed by atoms with E-state index in [0.717, 1.165) is 16.9 Å². The van der Waals surface area contributed by atoms with Crippen molar-refractivity contribution >= 4 is 17.0 Å². The van der Waals surface area contributed by atoms with Gasteiger partial charge in [0.25, 0.3) is 0 Å². The van der Waals surface area contributed by atoms with Crippen molar-refractivity contribution in [2.75, 3.05) is 0 Å². The molecule has 19 heavy (non-hydrogen) atoms. The van der Waals surface area contributed by atoms with Gasteiger partial charge in [0, 0.05) is 13.0 Å². The van der Waals surface area contributed by atoms with E-state index in [-0.39, 0.29) is 0 Å². The highest BCUT2D eigenvalue weighted by atomic mass is 16.4. The predicted molar refractivity (Wildman–Crippen MR) is 73.5 cm³/mol. The van der Waals surface area contributed by atoms with Gasteiger partial charge in [0.05, 0.1) is 16.6 Å². The maximum Gasteiger partial charge on any atom is 0.335 e. The average Bonchev–Trinajstić information content (AvgIpc) is 2.76. The molecule has 1 saturated carbocycles. The van der Waals surface area contributed by atoms with Gasteiger partial charge in [-0.2, -0.15) is 0 Å². The summed E-state index contributed by atoms with van der Waals surface area (Å²) in [7, 11) is 2.03. The first-order chi connectivity index (χ1) is 9.16. The number of rotatable bonds is 2. The number of carbonyl (C=O) groups is 1. The Labute approximate surface area is 112 Å². The fourth-order valence-electron chi connectivity index (χ4n) is 3.08. The molecule has 2 aromatic rings. The number of hydrogen-bond acceptors (Lipinski definition) is 2. The highest BCUT2D eigenvalue weighted by molar-refractivity contribution is 5.92. The number of aromatic nitrogens is 2. The van der Waals surface area contributed by atoms with Crippen molar-refractivity contribution in [1.29, 1.82) is 0 Å². The third-order valence-corrected chi connectivity index (χ3v) is 4.13. The second-order valence-electron chi connectivity index (χ2n) is 5.37. The van der Waals surface area contributed by atoms with E-state index in [0.29, 0.717) is 11.5 Å². The number of benzene rings is 1. The molecule has 100 valence electrons. The number of carboxylic acids is 1. The molecular formula is C15H18N2O2. The van der Waals surface area contributed by atoms with Crippen LogP contribution in [0, 0.1) is 0 Å². The molecule has 1 aliphatic carbocycles. The molecule has 1 heterocycles. The van der Waals surface area contributed by atoms with E-state index in [1.54, 1.807) is 12.1 Å². The molecule has 1 fully saturated rings. The fourth-order valence-corrected chi connectivity index (χ4v) is 3.08. The normalized spacial score (nSPS) is 16.9. The standard InChI is InChI=1S/C15H18N2O2/c1-17-13-8-7-11(15(18)19)9-12(13)16-14(17)10-5-3-2-4-6-10/h7-10H,2-6H2,1H3,(H,18,19). The minimum Gasteiger partial charge on any atom is -0.478 e. The Hall–Kier alpha value is -1.84. The lowest BCUT2D eigenvalue weighted by atomic mass is 9.89. The van der Waals surface area contributed by atoms with E-state index in [2.05, 4.69) is 9.55 Å². The van der Waals surface area contributed by atoms with E-state index in [4.69, 9.17) is 5.11 Å². The second kappa shape index (κ2) is 4.68. The molecule has 4 heteroatoms. The summed E-state index contributed by atoms with van der Waals surface area (Å²) < 4.78 is 2.12. The zero-order valence-electron chi connectivity index (χ0n) is 11.1. The van der Waals surface area contributed by atoms with Crippen molar-refractivity contribution in [3.63, 3.8) is 0 Å². The lowest BCUT2D eigenvalue weighted by Gasteiger charge is -2.20. The summed E-state index contributed by atoms with van der Waals surface area (Å²) in [5.41, 5.74) is 2.12. The topological polar surface area (TPSA) is 55.1 Å². The van der Waals surface area contributed by atoms with Crippen LogP contribution in [-0.2, 0) is 7.05 Å². The Morgan fingerprint density at radius 1 is 1.32 bits per heavy atom. The van der Waals surface area contributed by atoms with Gasteiger partial charge in [0.1, 0.15) is 5.82 Å². The molecule has 3 rings (SSSR count). The van der Waals surface area contributed by atoms with Crippen LogP contribution in [0.15, 0.2) is 18.2 Å². The van der Waals surface area contributed by atoms with Crippen LogP contribution in [0.1, 0.15) is 54.2 Å². The first-order valence-electron chi connectivity index (χ1n) is 6.86. The first kappa shape index (κ1) is 12.2. The maximum atomic E-state index is 11.0. The monoisotopic (exact) mass is 258 g/mol. The maximum absolute atomic E-state index is 11.0. The third kappa shape index (κ3) is 2.11. The van der Waals surface area contributed by atoms with Crippen LogP contribution >= 0.6 is 0 Å². The Balaban J connectivity index is 2.06. The van der Waals surface area contributed by atoms with E-state index in [1.807, 2.05) is 13.1 Å². The fraction of sp³-hybridized carbons (Fsp3) is 0.467. The van der Waals surface area contributed by atoms with Crippen molar-refractivity contribution < 1.29 is 9.90 Å². The summed E-state index contributed by atoms with van der Waals surface area (Å²) >= 11 is 0. The van der Waals surface area contributed by atoms with Gasteiger partial charge in [-0.25, -0.2) is 9.78 Å². The lowest BCUT2D eigenvalue weighted by Crippen LogP contribution is -2.09. The second-order valence-corrected chi connectivity index (χ2v) is 5.37. The van der Waals surface area contributed by atoms with Gasteiger partial charge < -0.3 is 9.67 Å². The Bertz CT molecular complexity index is 624. The Kier molecular flexibility index (Phi) is 3.01. The smallest absolute Gasteiger partial charge is 0.335 e. The minimum absolute atomic E-state index is 0.306. The summed E-state index contributed by atoms with van der Waals surface area (Å²) in [5, 5.41) is 9.03. The molecule has 1 aliphatic rings. The van der Waals surface area contributed by atoms with Crippen LogP contribution in [0.3, 0.4) is 0 Å². The number of nitrogens with zero attached hydrogens (tertiary/aromatic N) is 2. The molecule has 0 aliphatic heterocycles. The van der Waals surface area contributed by atoms with Crippen molar-refractivity contribution in [1.82, 2.24) is 9.55 Å². The van der Waals surface area contributed by atoms with E-state index in [9.17, 15) is 4.79 Å². The quantitative estimate of drug-likeness (QED) is 0.899. The van der Waals surface area contributed by atoms with Gasteiger partial charge in [-0.3, -0.25) is 0 Å². The van der Waals surface area contributed by atoms with Crippen molar-refractivity contribution in [3.05, 3.63) is 29.6 Å². The van der Waals surface area contributed by atoms with Crippen molar-refractivity contribution in [2.24, 2.45) is 7.05 Å². The predicted octanol–water partition coefficient (Wildman–Crippen LogP) is 3.32. The molecule has 1 aromatic heterocycles. The van der Waals surface area contributed by atoms with Crippen LogP contribution in [-0.4, -0.2) is 20.6 Å². The number of fused-ring (bicyclic) bond motifs is 1. The van der Waals surface area contributed by atoms with Gasteiger partial charge in [0.2, 0.25) is 0 Å². The SMILES string of the molecule is Cn1c(C2CCCCC2)nc2cc(C(=O)O)ccc21. The zero-order chi connectivity index (χ0) is 13.4. The molecule has 1 aromatic carbocycles. The van der Waals surface area contributed by atoms with Crippen LogP contribution in [0.25, 0.3) is 11.0 Å². The first-order valence-corrected chi connectivity index (χ1v) is 6.86. The molecule has 0 unspecified atom stereocenters. The van der Waals surface area contributed by atoms with E-state index >= 15 is 0 Å². The van der Waals surface area contributed by atoms with Crippen LogP contribution < -0.4 is 0 Å². The highest BCUT2D eigenvalue weighted by Crippen LogP contribution is 2.33. The third-order valence-electron chi connectivity index (χ3n) is 4.13. The van der Waals surface area contributed by atoms with Crippen LogP contribution in [0.4, 0.5) is 0 Å². The largest absolute Gasteiger partial charge is 0.478 e. The lowest BCUT2D eigenvalue weighted by molar-refractivity contribution is 0.0697. The Morgan fingerprint density at radius 2 is 2.05 bits per heavy atom. The average molecular weight is 258 g/mol. The summed E-state index contributed by atoms with van der Waals surface area (Å²) in [6.07, 6.45) is 6.26.